The molecule has 0 aliphatic carbocycles. The maximum absolute atomic E-state index is 12.0. The van der Waals surface area contributed by atoms with Crippen LogP contribution in [0.15, 0.2) is 22.4 Å². The van der Waals surface area contributed by atoms with Gasteiger partial charge in [0.05, 0.1) is 4.91 Å². The van der Waals surface area contributed by atoms with E-state index < -0.39 is 0 Å². The molecule has 2 heterocycles. The molecule has 0 aromatic carbocycles. The first-order valence-corrected chi connectivity index (χ1v) is 7.20. The monoisotopic (exact) mass is 283 g/mol. The standard InChI is InChI=1S/C12H13NO3S2/c1-16-6-3-5-13-11(14)10(18-12(13)15)8-9-4-2-7-17-9/h2,4,7-8H,3,5-6H2,1H3. The Labute approximate surface area is 114 Å². The van der Waals surface area contributed by atoms with Gasteiger partial charge in [0.2, 0.25) is 0 Å². The third kappa shape index (κ3) is 3.01. The van der Waals surface area contributed by atoms with Gasteiger partial charge in [-0.05, 0) is 35.7 Å². The van der Waals surface area contributed by atoms with E-state index in [4.69, 9.17) is 4.74 Å². The van der Waals surface area contributed by atoms with Crippen molar-refractivity contribution in [1.82, 2.24) is 4.90 Å². The molecule has 1 fully saturated rings. The molecule has 1 aliphatic rings. The molecule has 1 saturated heterocycles. The molecule has 96 valence electrons. The van der Waals surface area contributed by atoms with Crippen molar-refractivity contribution in [2.24, 2.45) is 0 Å². The van der Waals surface area contributed by atoms with E-state index in [1.807, 2.05) is 17.5 Å². The van der Waals surface area contributed by atoms with Gasteiger partial charge < -0.3 is 4.74 Å². The minimum atomic E-state index is -0.200. The molecule has 0 saturated carbocycles. The third-order valence-electron chi connectivity index (χ3n) is 2.42. The number of thioether (sulfide) groups is 1. The van der Waals surface area contributed by atoms with Crippen molar-refractivity contribution in [2.45, 2.75) is 6.42 Å². The average Bonchev–Trinajstić information content (AvgIpc) is 2.93. The van der Waals surface area contributed by atoms with Crippen LogP contribution in [0.25, 0.3) is 6.08 Å². The highest BCUT2D eigenvalue weighted by atomic mass is 32.2. The Hall–Kier alpha value is -1.11. The van der Waals surface area contributed by atoms with Crippen LogP contribution in [0, 0.1) is 0 Å². The molecular formula is C12H13NO3S2. The molecule has 18 heavy (non-hydrogen) atoms. The zero-order valence-electron chi connectivity index (χ0n) is 9.92. The van der Waals surface area contributed by atoms with E-state index in [0.29, 0.717) is 24.5 Å². The van der Waals surface area contributed by atoms with E-state index in [0.717, 1.165) is 16.6 Å². The van der Waals surface area contributed by atoms with Gasteiger partial charge in [-0.3, -0.25) is 14.5 Å². The lowest BCUT2D eigenvalue weighted by atomic mass is 10.3. The van der Waals surface area contributed by atoms with Crippen molar-refractivity contribution in [1.29, 1.82) is 0 Å². The number of nitrogens with zero attached hydrogens (tertiary/aromatic N) is 1. The second-order valence-electron chi connectivity index (χ2n) is 3.70. The fourth-order valence-corrected chi connectivity index (χ4v) is 3.15. The molecule has 4 nitrogen and oxygen atoms in total. The lowest BCUT2D eigenvalue weighted by molar-refractivity contribution is -0.122. The van der Waals surface area contributed by atoms with Crippen LogP contribution in [-0.4, -0.2) is 36.3 Å². The summed E-state index contributed by atoms with van der Waals surface area (Å²) in [4.78, 5) is 26.5. The van der Waals surface area contributed by atoms with E-state index >= 15 is 0 Å². The number of thiophene rings is 1. The summed E-state index contributed by atoms with van der Waals surface area (Å²) in [6, 6.07) is 3.84. The Bertz CT molecular complexity index is 468. The summed E-state index contributed by atoms with van der Waals surface area (Å²) in [6.45, 7) is 0.964. The van der Waals surface area contributed by atoms with E-state index in [1.54, 1.807) is 24.5 Å². The van der Waals surface area contributed by atoms with E-state index in [1.165, 1.54) is 4.90 Å². The van der Waals surface area contributed by atoms with Crippen molar-refractivity contribution >= 4 is 40.3 Å². The lowest BCUT2D eigenvalue weighted by Crippen LogP contribution is -2.29. The number of amides is 2. The maximum atomic E-state index is 12.0. The smallest absolute Gasteiger partial charge is 0.293 e. The zero-order valence-corrected chi connectivity index (χ0v) is 11.6. The number of carbonyl (C=O) groups is 2. The van der Waals surface area contributed by atoms with Crippen molar-refractivity contribution in [3.05, 3.63) is 27.3 Å². The summed E-state index contributed by atoms with van der Waals surface area (Å²) in [5.41, 5.74) is 0. The van der Waals surface area contributed by atoms with Crippen LogP contribution in [-0.2, 0) is 9.53 Å². The Kier molecular flexibility index (Phi) is 4.57. The lowest BCUT2D eigenvalue weighted by Gasteiger charge is -2.11. The summed E-state index contributed by atoms with van der Waals surface area (Å²) in [5.74, 6) is -0.200. The number of rotatable bonds is 5. The fraction of sp³-hybridized carbons (Fsp3) is 0.333. The van der Waals surface area contributed by atoms with Crippen molar-refractivity contribution in [2.75, 3.05) is 20.3 Å². The first kappa shape index (κ1) is 13.3. The van der Waals surface area contributed by atoms with Crippen molar-refractivity contribution in [3.8, 4) is 0 Å². The molecule has 0 spiro atoms. The van der Waals surface area contributed by atoms with Crippen LogP contribution >= 0.6 is 23.1 Å². The van der Waals surface area contributed by atoms with E-state index in [2.05, 4.69) is 0 Å². The minimum absolute atomic E-state index is 0.195. The van der Waals surface area contributed by atoms with Gasteiger partial charge in [-0.1, -0.05) is 6.07 Å². The number of ether oxygens (including phenoxy) is 1. The summed E-state index contributed by atoms with van der Waals surface area (Å²) in [7, 11) is 1.60. The van der Waals surface area contributed by atoms with Crippen LogP contribution in [0.2, 0.25) is 0 Å². The Balaban J connectivity index is 2.04. The summed E-state index contributed by atoms with van der Waals surface area (Å²) >= 11 is 2.55. The number of imide groups is 1. The van der Waals surface area contributed by atoms with Gasteiger partial charge >= 0.3 is 0 Å². The highest BCUT2D eigenvalue weighted by molar-refractivity contribution is 8.18. The SMILES string of the molecule is COCCCN1C(=O)SC(=Cc2cccs2)C1=O. The average molecular weight is 283 g/mol. The molecule has 1 aromatic heterocycles. The molecule has 0 radical (unpaired) electrons. The van der Waals surface area contributed by atoms with Crippen LogP contribution in [0.4, 0.5) is 4.79 Å². The minimum Gasteiger partial charge on any atom is -0.385 e. The zero-order chi connectivity index (χ0) is 13.0. The highest BCUT2D eigenvalue weighted by Crippen LogP contribution is 2.32. The Morgan fingerprint density at radius 1 is 1.44 bits per heavy atom. The second-order valence-corrected chi connectivity index (χ2v) is 5.67. The van der Waals surface area contributed by atoms with Gasteiger partial charge in [-0.15, -0.1) is 11.3 Å². The van der Waals surface area contributed by atoms with Crippen LogP contribution < -0.4 is 0 Å². The largest absolute Gasteiger partial charge is 0.385 e. The Morgan fingerprint density at radius 2 is 2.28 bits per heavy atom. The molecule has 1 aromatic rings. The summed E-state index contributed by atoms with van der Waals surface area (Å²) in [5, 5.41) is 1.74. The predicted molar refractivity (Wildman–Crippen MR) is 73.5 cm³/mol. The van der Waals surface area contributed by atoms with Gasteiger partial charge in [0.15, 0.2) is 0 Å². The van der Waals surface area contributed by atoms with Crippen LogP contribution in [0.3, 0.4) is 0 Å². The molecular weight excluding hydrogens is 270 g/mol. The number of hydrogen-bond donors (Lipinski definition) is 0. The van der Waals surface area contributed by atoms with Crippen molar-refractivity contribution in [3.63, 3.8) is 0 Å². The molecule has 1 aliphatic heterocycles. The van der Waals surface area contributed by atoms with Crippen LogP contribution in [0.5, 0.6) is 0 Å². The maximum Gasteiger partial charge on any atom is 0.293 e. The third-order valence-corrected chi connectivity index (χ3v) is 4.15. The fourth-order valence-electron chi connectivity index (χ4n) is 1.56. The molecule has 0 bridgehead atoms. The molecule has 0 unspecified atom stereocenters. The van der Waals surface area contributed by atoms with E-state index in [9.17, 15) is 9.59 Å². The summed E-state index contributed by atoms with van der Waals surface area (Å²) < 4.78 is 4.92. The molecule has 2 rings (SSSR count). The van der Waals surface area contributed by atoms with Gasteiger partial charge in [0, 0.05) is 25.1 Å². The molecule has 0 atom stereocenters. The number of hydrogen-bond acceptors (Lipinski definition) is 5. The molecule has 6 heteroatoms. The normalized spacial score (nSPS) is 18.1. The van der Waals surface area contributed by atoms with Gasteiger partial charge in [0.1, 0.15) is 0 Å². The highest BCUT2D eigenvalue weighted by Gasteiger charge is 2.34. The van der Waals surface area contributed by atoms with Crippen LogP contribution in [0.1, 0.15) is 11.3 Å². The number of carbonyl (C=O) groups excluding carboxylic acids is 2. The number of methoxy groups -OCH3 is 1. The first-order chi connectivity index (χ1) is 8.72. The topological polar surface area (TPSA) is 46.6 Å². The first-order valence-electron chi connectivity index (χ1n) is 5.50. The van der Waals surface area contributed by atoms with Gasteiger partial charge in [0.25, 0.3) is 11.1 Å². The predicted octanol–water partition coefficient (Wildman–Crippen LogP) is 2.82. The van der Waals surface area contributed by atoms with Gasteiger partial charge in [-0.2, -0.15) is 0 Å². The quantitative estimate of drug-likeness (QED) is 0.616. The van der Waals surface area contributed by atoms with Crippen molar-refractivity contribution < 1.29 is 14.3 Å². The molecule has 0 N–H and O–H groups in total. The Morgan fingerprint density at radius 3 is 2.94 bits per heavy atom. The van der Waals surface area contributed by atoms with Gasteiger partial charge in [-0.25, -0.2) is 0 Å². The second kappa shape index (κ2) is 6.17. The van der Waals surface area contributed by atoms with E-state index in [-0.39, 0.29) is 11.1 Å². The molecule has 2 amide bonds. The summed E-state index contributed by atoms with van der Waals surface area (Å²) in [6.07, 6.45) is 2.44.